The van der Waals surface area contributed by atoms with Crippen molar-refractivity contribution in [1.82, 2.24) is 9.55 Å². The summed E-state index contributed by atoms with van der Waals surface area (Å²) in [5.41, 5.74) is 3.48. The molecule has 0 aliphatic rings. The van der Waals surface area contributed by atoms with Crippen molar-refractivity contribution in [3.05, 3.63) is 29.6 Å². The first-order valence-corrected chi connectivity index (χ1v) is 6.71. The second-order valence-electron chi connectivity index (χ2n) is 5.00. The molecular weight excluding hydrogens is 240 g/mol. The van der Waals surface area contributed by atoms with Crippen molar-refractivity contribution >= 4 is 17.0 Å². The van der Waals surface area contributed by atoms with E-state index in [-0.39, 0.29) is 6.42 Å². The van der Waals surface area contributed by atoms with Crippen molar-refractivity contribution in [3.63, 3.8) is 0 Å². The first-order chi connectivity index (χ1) is 9.08. The van der Waals surface area contributed by atoms with E-state index in [0.29, 0.717) is 0 Å². The Morgan fingerprint density at radius 2 is 2.11 bits per heavy atom. The van der Waals surface area contributed by atoms with Gasteiger partial charge in [-0.25, -0.2) is 4.98 Å². The number of imidazole rings is 1. The molecule has 4 nitrogen and oxygen atoms in total. The molecule has 0 aliphatic carbocycles. The van der Waals surface area contributed by atoms with Gasteiger partial charge in [-0.1, -0.05) is 12.5 Å². The smallest absolute Gasteiger partial charge is 0.303 e. The molecule has 1 aromatic heterocycles. The van der Waals surface area contributed by atoms with Crippen LogP contribution in [0.15, 0.2) is 18.2 Å². The highest BCUT2D eigenvalue weighted by Crippen LogP contribution is 2.18. The summed E-state index contributed by atoms with van der Waals surface area (Å²) >= 11 is 0. The number of benzene rings is 1. The van der Waals surface area contributed by atoms with Crippen molar-refractivity contribution in [1.29, 1.82) is 0 Å². The Balaban J connectivity index is 1.92. The van der Waals surface area contributed by atoms with E-state index >= 15 is 0 Å². The van der Waals surface area contributed by atoms with Crippen molar-refractivity contribution in [3.8, 4) is 0 Å². The number of carboxylic acids is 1. The van der Waals surface area contributed by atoms with E-state index in [1.54, 1.807) is 0 Å². The van der Waals surface area contributed by atoms with Crippen LogP contribution in [0.4, 0.5) is 0 Å². The van der Waals surface area contributed by atoms with Crippen LogP contribution in [-0.4, -0.2) is 20.6 Å². The molecule has 0 unspecified atom stereocenters. The van der Waals surface area contributed by atoms with Gasteiger partial charge in [0, 0.05) is 13.5 Å². The Morgan fingerprint density at radius 1 is 1.32 bits per heavy atom. The van der Waals surface area contributed by atoms with Crippen LogP contribution in [0, 0.1) is 6.92 Å². The molecule has 4 heteroatoms. The molecule has 0 fully saturated rings. The highest BCUT2D eigenvalue weighted by atomic mass is 16.4. The number of aliphatic carboxylic acids is 1. The van der Waals surface area contributed by atoms with Crippen LogP contribution < -0.4 is 0 Å². The molecule has 19 heavy (non-hydrogen) atoms. The number of aryl methyl sites for hydroxylation is 3. The minimum absolute atomic E-state index is 0.276. The number of fused-ring (bicyclic) bond motifs is 1. The van der Waals surface area contributed by atoms with E-state index in [2.05, 4.69) is 27.8 Å². The lowest BCUT2D eigenvalue weighted by molar-refractivity contribution is -0.137. The third kappa shape index (κ3) is 3.34. The Kier molecular flexibility index (Phi) is 4.20. The number of rotatable bonds is 6. The molecule has 2 aromatic rings. The molecule has 0 saturated carbocycles. The molecule has 1 N–H and O–H groups in total. The molecule has 0 radical (unpaired) electrons. The summed E-state index contributed by atoms with van der Waals surface area (Å²) in [6, 6.07) is 6.39. The maximum atomic E-state index is 10.4. The fraction of sp³-hybridized carbons (Fsp3) is 0.467. The van der Waals surface area contributed by atoms with E-state index < -0.39 is 5.97 Å². The van der Waals surface area contributed by atoms with E-state index in [0.717, 1.165) is 42.5 Å². The summed E-state index contributed by atoms with van der Waals surface area (Å²) in [6.45, 7) is 2.01. The number of carboxylic acid groups (broad SMARTS) is 1. The number of nitrogens with zero attached hydrogens (tertiary/aromatic N) is 2. The molecule has 0 amide bonds. The van der Waals surface area contributed by atoms with Crippen LogP contribution in [0.3, 0.4) is 0 Å². The molecule has 0 saturated heterocycles. The fourth-order valence-electron chi connectivity index (χ4n) is 2.30. The minimum atomic E-state index is -0.703. The molecule has 102 valence electrons. The van der Waals surface area contributed by atoms with Gasteiger partial charge in [-0.15, -0.1) is 0 Å². The second-order valence-corrected chi connectivity index (χ2v) is 5.00. The van der Waals surface area contributed by atoms with Gasteiger partial charge in [-0.3, -0.25) is 4.79 Å². The van der Waals surface area contributed by atoms with Gasteiger partial charge in [0.2, 0.25) is 0 Å². The molecule has 1 aromatic carbocycles. The summed E-state index contributed by atoms with van der Waals surface area (Å²) in [6.07, 6.45) is 4.03. The van der Waals surface area contributed by atoms with Gasteiger partial charge in [0.1, 0.15) is 5.82 Å². The Bertz CT molecular complexity index is 587. The summed E-state index contributed by atoms with van der Waals surface area (Å²) in [7, 11) is 2.02. The molecular formula is C15H20N2O2. The largest absolute Gasteiger partial charge is 0.481 e. The van der Waals surface area contributed by atoms with Crippen LogP contribution in [-0.2, 0) is 18.3 Å². The average molecular weight is 260 g/mol. The normalized spacial score (nSPS) is 11.1. The lowest BCUT2D eigenvalue weighted by Gasteiger charge is -2.02. The SMILES string of the molecule is Cc1nc2cc(CCCCCC(=O)O)ccc2n1C. The Hall–Kier alpha value is -1.84. The first kappa shape index (κ1) is 13.6. The highest BCUT2D eigenvalue weighted by Gasteiger charge is 2.04. The molecule has 0 spiro atoms. The number of aromatic nitrogens is 2. The van der Waals surface area contributed by atoms with Crippen LogP contribution in [0.1, 0.15) is 37.1 Å². The van der Waals surface area contributed by atoms with Crippen LogP contribution in [0.5, 0.6) is 0 Å². The molecule has 0 bridgehead atoms. The van der Waals surface area contributed by atoms with Gasteiger partial charge < -0.3 is 9.67 Å². The van der Waals surface area contributed by atoms with Gasteiger partial charge in [0.15, 0.2) is 0 Å². The maximum Gasteiger partial charge on any atom is 0.303 e. The number of hydrogen-bond acceptors (Lipinski definition) is 2. The average Bonchev–Trinajstić information content (AvgIpc) is 2.64. The zero-order valence-electron chi connectivity index (χ0n) is 11.5. The Labute approximate surface area is 113 Å². The van der Waals surface area contributed by atoms with Crippen LogP contribution in [0.2, 0.25) is 0 Å². The van der Waals surface area contributed by atoms with Gasteiger partial charge in [0.25, 0.3) is 0 Å². The third-order valence-electron chi connectivity index (χ3n) is 3.52. The van der Waals surface area contributed by atoms with Crippen LogP contribution >= 0.6 is 0 Å². The predicted octanol–water partition coefficient (Wildman–Crippen LogP) is 3.07. The van der Waals surface area contributed by atoms with Crippen molar-refractivity contribution in [2.24, 2.45) is 7.05 Å². The van der Waals surface area contributed by atoms with Crippen molar-refractivity contribution in [2.75, 3.05) is 0 Å². The first-order valence-electron chi connectivity index (χ1n) is 6.71. The molecule has 0 aliphatic heterocycles. The summed E-state index contributed by atoms with van der Waals surface area (Å²) < 4.78 is 2.09. The van der Waals surface area contributed by atoms with Gasteiger partial charge >= 0.3 is 5.97 Å². The van der Waals surface area contributed by atoms with Gasteiger partial charge in [-0.05, 0) is 43.9 Å². The summed E-state index contributed by atoms with van der Waals surface area (Å²) in [5.74, 6) is 0.319. The lowest BCUT2D eigenvalue weighted by atomic mass is 10.1. The quantitative estimate of drug-likeness (QED) is 0.812. The topological polar surface area (TPSA) is 55.1 Å². The monoisotopic (exact) mass is 260 g/mol. The number of carbonyl (C=O) groups is 1. The molecule has 2 rings (SSSR count). The zero-order valence-corrected chi connectivity index (χ0v) is 11.5. The van der Waals surface area contributed by atoms with E-state index in [9.17, 15) is 4.79 Å². The highest BCUT2D eigenvalue weighted by molar-refractivity contribution is 5.76. The van der Waals surface area contributed by atoms with Gasteiger partial charge in [0.05, 0.1) is 11.0 Å². The fourth-order valence-corrected chi connectivity index (χ4v) is 2.30. The molecule has 1 heterocycles. The van der Waals surface area contributed by atoms with E-state index in [1.807, 2.05) is 14.0 Å². The van der Waals surface area contributed by atoms with Crippen molar-refractivity contribution < 1.29 is 9.90 Å². The predicted molar refractivity (Wildman–Crippen MR) is 75.3 cm³/mol. The standard InChI is InChI=1S/C15H20N2O2/c1-11-16-13-10-12(8-9-14(13)17(11)2)6-4-3-5-7-15(18)19/h8-10H,3-7H2,1-2H3,(H,18,19). The van der Waals surface area contributed by atoms with Crippen LogP contribution in [0.25, 0.3) is 11.0 Å². The van der Waals surface area contributed by atoms with E-state index in [4.69, 9.17) is 5.11 Å². The molecule has 0 atom stereocenters. The minimum Gasteiger partial charge on any atom is -0.481 e. The van der Waals surface area contributed by atoms with Gasteiger partial charge in [-0.2, -0.15) is 0 Å². The second kappa shape index (κ2) is 5.87. The number of unbranched alkanes of at least 4 members (excludes halogenated alkanes) is 2. The maximum absolute atomic E-state index is 10.4. The van der Waals surface area contributed by atoms with E-state index in [1.165, 1.54) is 5.56 Å². The number of hydrogen-bond donors (Lipinski definition) is 1. The summed E-state index contributed by atoms with van der Waals surface area (Å²) in [5, 5.41) is 8.57. The summed E-state index contributed by atoms with van der Waals surface area (Å²) in [4.78, 5) is 14.9. The third-order valence-corrected chi connectivity index (χ3v) is 3.52. The zero-order chi connectivity index (χ0) is 13.8. The lowest BCUT2D eigenvalue weighted by Crippen LogP contribution is -1.94. The Morgan fingerprint density at radius 3 is 2.84 bits per heavy atom. The van der Waals surface area contributed by atoms with Crippen molar-refractivity contribution in [2.45, 2.75) is 39.0 Å².